The van der Waals surface area contributed by atoms with Gasteiger partial charge in [-0.15, -0.1) is 0 Å². The zero-order chi connectivity index (χ0) is 8.48. The quantitative estimate of drug-likeness (QED) is 0.658. The van der Waals surface area contributed by atoms with Gasteiger partial charge in [0.25, 0.3) is 0 Å². The van der Waals surface area contributed by atoms with E-state index in [-0.39, 0.29) is 5.78 Å². The molecule has 2 atom stereocenters. The van der Waals surface area contributed by atoms with Crippen LogP contribution in [0.25, 0.3) is 0 Å². The lowest BCUT2D eigenvalue weighted by atomic mass is 9.81. The van der Waals surface area contributed by atoms with E-state index in [0.29, 0.717) is 12.8 Å². The van der Waals surface area contributed by atoms with Crippen molar-refractivity contribution < 1.29 is 9.90 Å². The van der Waals surface area contributed by atoms with Gasteiger partial charge >= 0.3 is 0 Å². The van der Waals surface area contributed by atoms with Crippen molar-refractivity contribution in [3.63, 3.8) is 0 Å². The van der Waals surface area contributed by atoms with Gasteiger partial charge in [0, 0.05) is 6.42 Å². The zero-order valence-corrected chi connectivity index (χ0v) is 7.26. The lowest BCUT2D eigenvalue weighted by molar-refractivity contribution is -0.128. The van der Waals surface area contributed by atoms with E-state index >= 15 is 0 Å². The molecule has 1 saturated carbocycles. The molecule has 1 aliphatic carbocycles. The van der Waals surface area contributed by atoms with Crippen LogP contribution in [-0.4, -0.2) is 17.0 Å². The third-order valence-electron chi connectivity index (χ3n) is 2.79. The predicted molar refractivity (Wildman–Crippen MR) is 43.3 cm³/mol. The van der Waals surface area contributed by atoms with Gasteiger partial charge in [0.15, 0.2) is 0 Å². The molecular weight excluding hydrogens is 140 g/mol. The van der Waals surface area contributed by atoms with E-state index in [0.717, 1.165) is 12.8 Å². The summed E-state index contributed by atoms with van der Waals surface area (Å²) < 4.78 is 0. The molecule has 0 bridgehead atoms. The molecule has 0 aliphatic heterocycles. The SMILES string of the molecule is CCC[C@@]1(C)C(=O)CC[C@@H]1O. The van der Waals surface area contributed by atoms with Crippen LogP contribution >= 0.6 is 0 Å². The van der Waals surface area contributed by atoms with E-state index in [4.69, 9.17) is 0 Å². The number of hydrogen-bond donors (Lipinski definition) is 1. The fraction of sp³-hybridized carbons (Fsp3) is 0.889. The largest absolute Gasteiger partial charge is 0.392 e. The highest BCUT2D eigenvalue weighted by Gasteiger charge is 2.43. The van der Waals surface area contributed by atoms with E-state index in [2.05, 4.69) is 0 Å². The lowest BCUT2D eigenvalue weighted by Crippen LogP contribution is -2.32. The number of aliphatic hydroxyl groups is 1. The Balaban J connectivity index is 2.71. The van der Waals surface area contributed by atoms with Crippen LogP contribution in [-0.2, 0) is 4.79 Å². The Morgan fingerprint density at radius 3 is 2.73 bits per heavy atom. The van der Waals surface area contributed by atoms with Crippen LogP contribution in [0.1, 0.15) is 39.5 Å². The third-order valence-corrected chi connectivity index (χ3v) is 2.79. The number of hydrogen-bond acceptors (Lipinski definition) is 2. The molecule has 1 N–H and O–H groups in total. The molecule has 0 spiro atoms. The first-order valence-corrected chi connectivity index (χ1v) is 4.32. The fourth-order valence-corrected chi connectivity index (χ4v) is 1.88. The Kier molecular flexibility index (Phi) is 2.33. The second-order valence-corrected chi connectivity index (χ2v) is 3.65. The van der Waals surface area contributed by atoms with Gasteiger partial charge in [-0.3, -0.25) is 4.79 Å². The first-order valence-electron chi connectivity index (χ1n) is 4.32. The summed E-state index contributed by atoms with van der Waals surface area (Å²) in [6.07, 6.45) is 2.63. The van der Waals surface area contributed by atoms with E-state index in [1.165, 1.54) is 0 Å². The maximum absolute atomic E-state index is 11.3. The van der Waals surface area contributed by atoms with Crippen molar-refractivity contribution in [1.29, 1.82) is 0 Å². The van der Waals surface area contributed by atoms with Crippen LogP contribution in [0.5, 0.6) is 0 Å². The van der Waals surface area contributed by atoms with Crippen molar-refractivity contribution in [3.05, 3.63) is 0 Å². The topological polar surface area (TPSA) is 37.3 Å². The van der Waals surface area contributed by atoms with E-state index in [1.54, 1.807) is 0 Å². The van der Waals surface area contributed by atoms with Gasteiger partial charge < -0.3 is 5.11 Å². The van der Waals surface area contributed by atoms with Gasteiger partial charge in [-0.2, -0.15) is 0 Å². The number of rotatable bonds is 2. The summed E-state index contributed by atoms with van der Waals surface area (Å²) in [5, 5.41) is 9.53. The molecule has 0 saturated heterocycles. The highest BCUT2D eigenvalue weighted by Crippen LogP contribution is 2.38. The van der Waals surface area contributed by atoms with Crippen LogP contribution in [0, 0.1) is 5.41 Å². The Morgan fingerprint density at radius 1 is 1.73 bits per heavy atom. The second-order valence-electron chi connectivity index (χ2n) is 3.65. The minimum absolute atomic E-state index is 0.242. The number of ketones is 1. The zero-order valence-electron chi connectivity index (χ0n) is 7.26. The molecule has 64 valence electrons. The van der Waals surface area contributed by atoms with Gasteiger partial charge in [0.1, 0.15) is 5.78 Å². The smallest absolute Gasteiger partial charge is 0.141 e. The van der Waals surface area contributed by atoms with E-state index in [1.807, 2.05) is 13.8 Å². The van der Waals surface area contributed by atoms with Crippen LogP contribution in [0.4, 0.5) is 0 Å². The standard InChI is InChI=1S/C9H16O2/c1-3-6-9(2)7(10)4-5-8(9)11/h7,10H,3-6H2,1-2H3/t7-,9+/m0/s1. The van der Waals surface area contributed by atoms with Crippen molar-refractivity contribution in [1.82, 2.24) is 0 Å². The van der Waals surface area contributed by atoms with Crippen LogP contribution < -0.4 is 0 Å². The summed E-state index contributed by atoms with van der Waals surface area (Å²) in [5.74, 6) is 0.242. The molecule has 0 amide bonds. The number of carbonyl (C=O) groups excluding carboxylic acids is 1. The molecule has 0 aromatic rings. The highest BCUT2D eigenvalue weighted by molar-refractivity contribution is 5.87. The molecular formula is C9H16O2. The van der Waals surface area contributed by atoms with Crippen molar-refractivity contribution in [2.24, 2.45) is 5.41 Å². The van der Waals surface area contributed by atoms with Crippen molar-refractivity contribution >= 4 is 5.78 Å². The molecule has 1 rings (SSSR count). The summed E-state index contributed by atoms with van der Waals surface area (Å²) in [6, 6.07) is 0. The minimum atomic E-state index is -0.422. The van der Waals surface area contributed by atoms with Gasteiger partial charge in [-0.05, 0) is 12.8 Å². The van der Waals surface area contributed by atoms with Crippen LogP contribution in [0.3, 0.4) is 0 Å². The normalized spacial score (nSPS) is 38.1. The first kappa shape index (κ1) is 8.72. The summed E-state index contributed by atoms with van der Waals surface area (Å²) >= 11 is 0. The highest BCUT2D eigenvalue weighted by atomic mass is 16.3. The van der Waals surface area contributed by atoms with Crippen molar-refractivity contribution in [3.8, 4) is 0 Å². The average Bonchev–Trinajstić information content (AvgIpc) is 2.19. The summed E-state index contributed by atoms with van der Waals surface area (Å²) in [4.78, 5) is 11.3. The Hall–Kier alpha value is -0.370. The predicted octanol–water partition coefficient (Wildman–Crippen LogP) is 1.52. The summed E-state index contributed by atoms with van der Waals surface area (Å²) in [6.45, 7) is 3.93. The number of aliphatic hydroxyl groups excluding tert-OH is 1. The molecule has 11 heavy (non-hydrogen) atoms. The van der Waals surface area contributed by atoms with Gasteiger partial charge in [-0.25, -0.2) is 0 Å². The maximum atomic E-state index is 11.3. The van der Waals surface area contributed by atoms with Crippen molar-refractivity contribution in [2.45, 2.75) is 45.6 Å². The molecule has 0 unspecified atom stereocenters. The Morgan fingerprint density at radius 2 is 2.36 bits per heavy atom. The molecule has 1 fully saturated rings. The lowest BCUT2D eigenvalue weighted by Gasteiger charge is -2.25. The molecule has 0 aromatic carbocycles. The monoisotopic (exact) mass is 156 g/mol. The summed E-state index contributed by atoms with van der Waals surface area (Å²) in [7, 11) is 0. The van der Waals surface area contributed by atoms with Gasteiger partial charge in [0.2, 0.25) is 0 Å². The van der Waals surface area contributed by atoms with Gasteiger partial charge in [0.05, 0.1) is 11.5 Å². The summed E-state index contributed by atoms with van der Waals surface area (Å²) in [5.41, 5.74) is -0.422. The minimum Gasteiger partial charge on any atom is -0.392 e. The molecule has 1 aliphatic rings. The van der Waals surface area contributed by atoms with E-state index in [9.17, 15) is 9.90 Å². The maximum Gasteiger partial charge on any atom is 0.141 e. The van der Waals surface area contributed by atoms with E-state index < -0.39 is 11.5 Å². The Bertz CT molecular complexity index is 165. The Labute approximate surface area is 67.6 Å². The number of carbonyl (C=O) groups is 1. The molecule has 0 radical (unpaired) electrons. The van der Waals surface area contributed by atoms with Crippen molar-refractivity contribution in [2.75, 3.05) is 0 Å². The van der Waals surface area contributed by atoms with Crippen LogP contribution in [0.15, 0.2) is 0 Å². The third kappa shape index (κ3) is 1.32. The molecule has 2 nitrogen and oxygen atoms in total. The average molecular weight is 156 g/mol. The van der Waals surface area contributed by atoms with Crippen LogP contribution in [0.2, 0.25) is 0 Å². The second kappa shape index (κ2) is 2.94. The molecule has 2 heteroatoms. The fourth-order valence-electron chi connectivity index (χ4n) is 1.88. The molecule has 0 heterocycles. The molecule has 0 aromatic heterocycles. The number of Topliss-reactive ketones (excluding diaryl/α,β-unsaturated/α-hetero) is 1. The van der Waals surface area contributed by atoms with Gasteiger partial charge in [-0.1, -0.05) is 20.3 Å². The first-order chi connectivity index (χ1) is 5.11.